The fraction of sp³-hybridized carbons (Fsp3) is 0.233. The molecule has 1 aliphatic heterocycles. The monoisotopic (exact) mass is 644 g/mol. The van der Waals surface area contributed by atoms with E-state index in [1.54, 1.807) is 6.92 Å². The maximum atomic E-state index is 13.0. The number of nitrogens with zero attached hydrogens (tertiary/aromatic N) is 1. The summed E-state index contributed by atoms with van der Waals surface area (Å²) in [6, 6.07) is 14.1. The van der Waals surface area contributed by atoms with Crippen LogP contribution in [0, 0.1) is 13.8 Å². The predicted octanol–water partition coefficient (Wildman–Crippen LogP) is 6.20. The largest absolute Gasteiger partial charge is 0.491 e. The smallest absolute Gasteiger partial charge is 0.339 e. The van der Waals surface area contributed by atoms with Gasteiger partial charge in [-0.15, -0.1) is 0 Å². The Labute approximate surface area is 259 Å². The van der Waals surface area contributed by atoms with Gasteiger partial charge in [0.25, 0.3) is 11.1 Å². The molecule has 0 spiro atoms. The first kappa shape index (κ1) is 31.9. The van der Waals surface area contributed by atoms with Gasteiger partial charge in [0.1, 0.15) is 17.3 Å². The third kappa shape index (κ3) is 7.89. The van der Waals surface area contributed by atoms with Crippen molar-refractivity contribution in [2.75, 3.05) is 25.1 Å². The summed E-state index contributed by atoms with van der Waals surface area (Å²) in [6.07, 6.45) is 1.48. The first-order valence-electron chi connectivity index (χ1n) is 13.1. The van der Waals surface area contributed by atoms with Gasteiger partial charge in [-0.25, -0.2) is 0 Å². The van der Waals surface area contributed by atoms with E-state index < -0.39 is 21.3 Å². The van der Waals surface area contributed by atoms with Crippen LogP contribution in [0.4, 0.5) is 10.5 Å². The van der Waals surface area contributed by atoms with E-state index in [1.807, 2.05) is 32.0 Å². The molecule has 4 rings (SSSR count). The van der Waals surface area contributed by atoms with Gasteiger partial charge in [0.2, 0.25) is 11.7 Å². The van der Waals surface area contributed by atoms with E-state index in [-0.39, 0.29) is 52.0 Å². The van der Waals surface area contributed by atoms with Crippen molar-refractivity contribution in [2.45, 2.75) is 32.6 Å². The van der Waals surface area contributed by atoms with E-state index in [1.165, 1.54) is 49.4 Å². The number of aryl methyl sites for hydroxylation is 2. The lowest BCUT2D eigenvalue weighted by Gasteiger charge is -2.15. The third-order valence-electron chi connectivity index (χ3n) is 6.08. The number of amides is 3. The summed E-state index contributed by atoms with van der Waals surface area (Å²) in [7, 11) is -4.33. The molecule has 3 aromatic rings. The molecular formula is C30H29ClN2O8S2. The van der Waals surface area contributed by atoms with Crippen LogP contribution in [-0.4, -0.2) is 50.1 Å². The molecule has 3 aromatic carbocycles. The highest BCUT2D eigenvalue weighted by molar-refractivity contribution is 8.18. The molecule has 0 bridgehead atoms. The van der Waals surface area contributed by atoms with Crippen molar-refractivity contribution in [2.24, 2.45) is 0 Å². The predicted molar refractivity (Wildman–Crippen MR) is 165 cm³/mol. The number of nitrogens with one attached hydrogen (secondary N) is 1. The first-order valence-corrected chi connectivity index (χ1v) is 15.7. The highest BCUT2D eigenvalue weighted by atomic mass is 35.5. The van der Waals surface area contributed by atoms with E-state index in [4.69, 9.17) is 25.3 Å². The summed E-state index contributed by atoms with van der Waals surface area (Å²) >= 11 is 7.22. The average molecular weight is 645 g/mol. The zero-order valence-corrected chi connectivity index (χ0v) is 26.2. The van der Waals surface area contributed by atoms with Gasteiger partial charge in [-0.3, -0.25) is 19.3 Å². The van der Waals surface area contributed by atoms with Crippen molar-refractivity contribution < 1.29 is 36.5 Å². The van der Waals surface area contributed by atoms with Gasteiger partial charge in [0.15, 0.2) is 5.75 Å². The van der Waals surface area contributed by atoms with Crippen molar-refractivity contribution in [1.29, 1.82) is 0 Å². The summed E-state index contributed by atoms with van der Waals surface area (Å²) in [5, 5.41) is 2.03. The Kier molecular flexibility index (Phi) is 10.0. The van der Waals surface area contributed by atoms with Gasteiger partial charge in [-0.05, 0) is 97.8 Å². The standard InChI is InChI=1S/C30H29ClN2O8S2/c1-5-39-26-16-21(15-24(31)28(26)41-43(37,38)23-10-8-22(9-11-23)32-20(4)34)17-27-29(35)33(30(36)42-27)12-13-40-25-14-18(2)6-7-19(25)3/h6-11,14-17H,5,12-13H2,1-4H3,(H,32,34)/b27-17-. The number of carbonyl (C=O) groups is 3. The summed E-state index contributed by atoms with van der Waals surface area (Å²) in [4.78, 5) is 38.0. The van der Waals surface area contributed by atoms with Crippen LogP contribution in [0.5, 0.6) is 17.2 Å². The maximum absolute atomic E-state index is 13.0. The topological polar surface area (TPSA) is 128 Å². The van der Waals surface area contributed by atoms with Crippen LogP contribution in [0.2, 0.25) is 5.02 Å². The minimum Gasteiger partial charge on any atom is -0.491 e. The molecule has 0 atom stereocenters. The quantitative estimate of drug-likeness (QED) is 0.192. The Hall–Kier alpha value is -4.00. The molecule has 3 amide bonds. The Morgan fingerprint density at radius 2 is 1.74 bits per heavy atom. The van der Waals surface area contributed by atoms with E-state index in [0.29, 0.717) is 17.0 Å². The van der Waals surface area contributed by atoms with E-state index >= 15 is 0 Å². The van der Waals surface area contributed by atoms with Crippen LogP contribution in [-0.2, 0) is 19.7 Å². The normalized spacial score (nSPS) is 14.3. The lowest BCUT2D eigenvalue weighted by molar-refractivity contribution is -0.123. The SMILES string of the molecule is CCOc1cc(/C=C2\SC(=O)N(CCOc3cc(C)ccc3C)C2=O)cc(Cl)c1OS(=O)(=O)c1ccc(NC(C)=O)cc1. The van der Waals surface area contributed by atoms with Crippen molar-refractivity contribution in [3.05, 3.63) is 81.2 Å². The second-order valence-electron chi connectivity index (χ2n) is 9.46. The van der Waals surface area contributed by atoms with E-state index in [9.17, 15) is 22.8 Å². The molecule has 0 unspecified atom stereocenters. The second-order valence-corrected chi connectivity index (χ2v) is 12.4. The highest BCUT2D eigenvalue weighted by Gasteiger charge is 2.35. The molecule has 226 valence electrons. The van der Waals surface area contributed by atoms with Crippen LogP contribution < -0.4 is 19.0 Å². The number of hydrogen-bond acceptors (Lipinski definition) is 9. The number of anilines is 1. The van der Waals surface area contributed by atoms with E-state index in [0.717, 1.165) is 27.8 Å². The number of carbonyl (C=O) groups excluding carboxylic acids is 3. The molecule has 0 radical (unpaired) electrons. The van der Waals surface area contributed by atoms with Crippen molar-refractivity contribution in [3.63, 3.8) is 0 Å². The molecule has 1 fully saturated rings. The van der Waals surface area contributed by atoms with Crippen LogP contribution in [0.25, 0.3) is 6.08 Å². The molecule has 1 aliphatic rings. The number of hydrogen-bond donors (Lipinski definition) is 1. The molecule has 13 heteroatoms. The number of ether oxygens (including phenoxy) is 2. The Balaban J connectivity index is 1.51. The molecule has 10 nitrogen and oxygen atoms in total. The molecule has 43 heavy (non-hydrogen) atoms. The second kappa shape index (κ2) is 13.5. The van der Waals surface area contributed by atoms with Crippen molar-refractivity contribution in [1.82, 2.24) is 4.90 Å². The van der Waals surface area contributed by atoms with Crippen LogP contribution >= 0.6 is 23.4 Å². The Morgan fingerprint density at radius 3 is 2.42 bits per heavy atom. The summed E-state index contributed by atoms with van der Waals surface area (Å²) in [5.41, 5.74) is 2.80. The average Bonchev–Trinajstić information content (AvgIpc) is 3.20. The van der Waals surface area contributed by atoms with Crippen LogP contribution in [0.3, 0.4) is 0 Å². The number of benzene rings is 3. The molecular weight excluding hydrogens is 616 g/mol. The van der Waals surface area contributed by atoms with Crippen LogP contribution in [0.1, 0.15) is 30.5 Å². The summed E-state index contributed by atoms with van der Waals surface area (Å²) in [5.74, 6) is -0.303. The molecule has 1 N–H and O–H groups in total. The van der Waals surface area contributed by atoms with Crippen molar-refractivity contribution in [3.8, 4) is 17.2 Å². The fourth-order valence-corrected chi connectivity index (χ4v) is 6.16. The van der Waals surface area contributed by atoms with Crippen LogP contribution in [0.15, 0.2) is 64.4 Å². The zero-order chi connectivity index (χ0) is 31.3. The Morgan fingerprint density at radius 1 is 1.02 bits per heavy atom. The van der Waals surface area contributed by atoms with Crippen molar-refractivity contribution >= 4 is 62.3 Å². The number of imide groups is 1. The molecule has 1 heterocycles. The lowest BCUT2D eigenvalue weighted by Crippen LogP contribution is -2.32. The zero-order valence-electron chi connectivity index (χ0n) is 23.8. The third-order valence-corrected chi connectivity index (χ3v) is 8.50. The van der Waals surface area contributed by atoms with Gasteiger partial charge in [0, 0.05) is 12.6 Å². The van der Waals surface area contributed by atoms with Gasteiger partial charge < -0.3 is 19.0 Å². The number of halogens is 1. The van der Waals surface area contributed by atoms with Gasteiger partial charge in [-0.2, -0.15) is 8.42 Å². The molecule has 1 saturated heterocycles. The maximum Gasteiger partial charge on any atom is 0.339 e. The Bertz CT molecular complexity index is 1710. The van der Waals surface area contributed by atoms with Gasteiger partial charge in [0.05, 0.1) is 23.1 Å². The molecule has 0 aliphatic carbocycles. The highest BCUT2D eigenvalue weighted by Crippen LogP contribution is 2.40. The minimum absolute atomic E-state index is 0.0286. The first-order chi connectivity index (χ1) is 20.4. The lowest BCUT2D eigenvalue weighted by atomic mass is 10.1. The summed E-state index contributed by atoms with van der Waals surface area (Å²) < 4.78 is 42.8. The van der Waals surface area contributed by atoms with Gasteiger partial charge >= 0.3 is 10.1 Å². The van der Waals surface area contributed by atoms with E-state index in [2.05, 4.69) is 5.32 Å². The van der Waals surface area contributed by atoms with Gasteiger partial charge in [-0.1, -0.05) is 23.7 Å². The molecule has 0 saturated carbocycles. The number of rotatable bonds is 11. The minimum atomic E-state index is -4.33. The summed E-state index contributed by atoms with van der Waals surface area (Å²) in [6.45, 7) is 7.26. The fourth-order valence-electron chi connectivity index (χ4n) is 4.03. The molecule has 0 aromatic heterocycles. The number of thioether (sulfide) groups is 1.